The Morgan fingerprint density at radius 2 is 1.73 bits per heavy atom. The van der Waals surface area contributed by atoms with Crippen LogP contribution in [0, 0.1) is 12.3 Å². The second kappa shape index (κ2) is 6.93. The second-order valence-corrected chi connectivity index (χ2v) is 6.31. The Morgan fingerprint density at radius 1 is 1.05 bits per heavy atom. The van der Waals surface area contributed by atoms with Crippen molar-refractivity contribution < 1.29 is 0 Å². The topological polar surface area (TPSA) is 28.5 Å². The number of hydrogen-bond acceptors (Lipinski definition) is 4. The fourth-order valence-corrected chi connectivity index (χ4v) is 3.39. The summed E-state index contributed by atoms with van der Waals surface area (Å²) in [5, 5.41) is 1.81. The summed E-state index contributed by atoms with van der Waals surface area (Å²) in [6.07, 6.45) is 5.35. The summed E-state index contributed by atoms with van der Waals surface area (Å²) >= 11 is 1.42. The molecular weight excluding hydrogens is 294 g/mol. The molecule has 0 aliphatic carbocycles. The lowest BCUT2D eigenvalue weighted by atomic mass is 10.2. The van der Waals surface area contributed by atoms with Crippen molar-refractivity contribution >= 4 is 11.5 Å². The van der Waals surface area contributed by atoms with Gasteiger partial charge in [0.25, 0.3) is 5.56 Å². The van der Waals surface area contributed by atoms with Crippen LogP contribution in [0.4, 0.5) is 0 Å². The normalized spacial score (nSPS) is 16.5. The molecule has 1 aliphatic heterocycles. The predicted molar refractivity (Wildman–Crippen MR) is 90.5 cm³/mol. The van der Waals surface area contributed by atoms with E-state index in [0.29, 0.717) is 0 Å². The zero-order valence-corrected chi connectivity index (χ0v) is 13.3. The molecule has 22 heavy (non-hydrogen) atoms. The van der Waals surface area contributed by atoms with E-state index >= 15 is 0 Å². The Balaban J connectivity index is 1.59. The predicted octanol–water partition coefficient (Wildman–Crippen LogP) is 1.65. The van der Waals surface area contributed by atoms with E-state index in [4.69, 9.17) is 6.42 Å². The molecule has 0 radical (unpaired) electrons. The van der Waals surface area contributed by atoms with Crippen LogP contribution < -0.4 is 5.56 Å². The summed E-state index contributed by atoms with van der Waals surface area (Å²) in [4.78, 5) is 16.4. The molecule has 0 N–H and O–H groups in total. The van der Waals surface area contributed by atoms with E-state index in [1.807, 2.05) is 17.5 Å². The minimum atomic E-state index is 0.0300. The van der Waals surface area contributed by atoms with E-state index in [9.17, 15) is 4.79 Å². The molecule has 0 spiro atoms. The van der Waals surface area contributed by atoms with Gasteiger partial charge < -0.3 is 0 Å². The largest absolute Gasteiger partial charge is 0.297 e. The van der Waals surface area contributed by atoms with Crippen LogP contribution in [0.15, 0.2) is 40.5 Å². The van der Waals surface area contributed by atoms with E-state index in [1.165, 1.54) is 17.1 Å². The first-order valence-electron chi connectivity index (χ1n) is 7.41. The molecule has 1 fully saturated rings. The molecule has 1 saturated heterocycles. The van der Waals surface area contributed by atoms with E-state index in [2.05, 4.69) is 27.9 Å². The van der Waals surface area contributed by atoms with Crippen molar-refractivity contribution in [3.05, 3.63) is 51.6 Å². The van der Waals surface area contributed by atoms with Gasteiger partial charge in [0.15, 0.2) is 0 Å². The van der Waals surface area contributed by atoms with E-state index < -0.39 is 0 Å². The molecule has 0 atom stereocenters. The van der Waals surface area contributed by atoms with Crippen LogP contribution in [0.2, 0.25) is 0 Å². The Bertz CT molecular complexity index is 702. The van der Waals surface area contributed by atoms with Crippen LogP contribution in [0.25, 0.3) is 5.69 Å². The second-order valence-electron chi connectivity index (χ2n) is 5.46. The van der Waals surface area contributed by atoms with E-state index in [-0.39, 0.29) is 5.56 Å². The van der Waals surface area contributed by atoms with Gasteiger partial charge in [-0.1, -0.05) is 29.6 Å². The first kappa shape index (κ1) is 15.0. The third-order valence-electron chi connectivity index (χ3n) is 3.93. The summed E-state index contributed by atoms with van der Waals surface area (Å²) in [7, 11) is 0. The van der Waals surface area contributed by atoms with Gasteiger partial charge in [-0.15, -0.1) is 6.42 Å². The number of aromatic nitrogens is 1. The van der Waals surface area contributed by atoms with Gasteiger partial charge in [0.05, 0.1) is 12.2 Å². The van der Waals surface area contributed by atoms with Gasteiger partial charge >= 0.3 is 0 Å². The minimum absolute atomic E-state index is 0.0300. The number of terminal acetylenes is 1. The molecule has 1 aromatic heterocycles. The molecule has 0 unspecified atom stereocenters. The van der Waals surface area contributed by atoms with Crippen molar-refractivity contribution in [3.8, 4) is 18.0 Å². The lowest BCUT2D eigenvalue weighted by Crippen LogP contribution is -2.45. The summed E-state index contributed by atoms with van der Waals surface area (Å²) in [5.41, 5.74) is 2.24. The molecule has 4 nitrogen and oxygen atoms in total. The first-order valence-corrected chi connectivity index (χ1v) is 8.24. The fourth-order valence-electron chi connectivity index (χ4n) is 2.69. The number of rotatable bonds is 4. The van der Waals surface area contributed by atoms with Gasteiger partial charge in [0.2, 0.25) is 0 Å². The molecule has 5 heteroatoms. The van der Waals surface area contributed by atoms with Crippen molar-refractivity contribution in [1.82, 2.24) is 13.8 Å². The summed E-state index contributed by atoms with van der Waals surface area (Å²) in [6.45, 7) is 5.86. The van der Waals surface area contributed by atoms with Crippen LogP contribution in [0.1, 0.15) is 5.56 Å². The highest BCUT2D eigenvalue weighted by molar-refractivity contribution is 7.04. The van der Waals surface area contributed by atoms with E-state index in [0.717, 1.165) is 45.0 Å². The molecule has 0 bridgehead atoms. The summed E-state index contributed by atoms with van der Waals surface area (Å²) < 4.78 is 1.70. The molecule has 2 aromatic rings. The monoisotopic (exact) mass is 313 g/mol. The van der Waals surface area contributed by atoms with Gasteiger partial charge in [0.1, 0.15) is 0 Å². The standard InChI is InChI=1S/C17H19N3OS/c1-2-8-18-9-11-19(12-10-18)14-15-3-5-16(6-4-15)20-17(21)7-13-22-20/h1,3-7,13H,8-12,14H2. The summed E-state index contributed by atoms with van der Waals surface area (Å²) in [5.74, 6) is 2.71. The van der Waals surface area contributed by atoms with E-state index in [1.54, 1.807) is 10.0 Å². The Kier molecular flexibility index (Phi) is 4.74. The van der Waals surface area contributed by atoms with Crippen LogP contribution >= 0.6 is 11.5 Å². The van der Waals surface area contributed by atoms with Crippen molar-refractivity contribution in [1.29, 1.82) is 0 Å². The van der Waals surface area contributed by atoms with Crippen LogP contribution in [-0.4, -0.2) is 46.5 Å². The zero-order chi connectivity index (χ0) is 15.4. The molecule has 1 aromatic carbocycles. The number of piperazine rings is 1. The molecule has 0 amide bonds. The molecule has 0 saturated carbocycles. The highest BCUT2D eigenvalue weighted by Crippen LogP contribution is 2.13. The Labute approximate surface area is 134 Å². The third-order valence-corrected chi connectivity index (χ3v) is 4.79. The number of nitrogens with zero attached hydrogens (tertiary/aromatic N) is 3. The average molecular weight is 313 g/mol. The maximum atomic E-state index is 11.7. The van der Waals surface area contributed by atoms with Crippen LogP contribution in [-0.2, 0) is 6.54 Å². The quantitative estimate of drug-likeness (QED) is 0.804. The van der Waals surface area contributed by atoms with Crippen molar-refractivity contribution in [2.24, 2.45) is 0 Å². The average Bonchev–Trinajstić information content (AvgIpc) is 2.96. The molecule has 3 rings (SSSR count). The summed E-state index contributed by atoms with van der Waals surface area (Å²) in [6, 6.07) is 9.84. The number of hydrogen-bond donors (Lipinski definition) is 0. The maximum Gasteiger partial charge on any atom is 0.265 e. The van der Waals surface area contributed by atoms with Crippen LogP contribution in [0.5, 0.6) is 0 Å². The fraction of sp³-hybridized carbons (Fsp3) is 0.353. The highest BCUT2D eigenvalue weighted by Gasteiger charge is 2.15. The first-order chi connectivity index (χ1) is 10.8. The molecule has 114 valence electrons. The molecule has 1 aliphatic rings. The zero-order valence-electron chi connectivity index (χ0n) is 12.4. The van der Waals surface area contributed by atoms with Gasteiger partial charge in [-0.2, -0.15) is 0 Å². The Hall–Kier alpha value is -1.87. The molecule has 2 heterocycles. The molecular formula is C17H19N3OS. The van der Waals surface area contributed by atoms with Crippen molar-refractivity contribution in [2.45, 2.75) is 6.54 Å². The Morgan fingerprint density at radius 3 is 2.32 bits per heavy atom. The van der Waals surface area contributed by atoms with Crippen LogP contribution in [0.3, 0.4) is 0 Å². The smallest absolute Gasteiger partial charge is 0.265 e. The van der Waals surface area contributed by atoms with Gasteiger partial charge in [-0.05, 0) is 17.7 Å². The van der Waals surface area contributed by atoms with Gasteiger partial charge in [-0.25, -0.2) is 3.96 Å². The number of benzene rings is 1. The SMILES string of the molecule is C#CCN1CCN(Cc2ccc(-n3sccc3=O)cc2)CC1. The maximum absolute atomic E-state index is 11.7. The van der Waals surface area contributed by atoms with Crippen molar-refractivity contribution in [3.63, 3.8) is 0 Å². The highest BCUT2D eigenvalue weighted by atomic mass is 32.1. The third kappa shape index (κ3) is 3.47. The minimum Gasteiger partial charge on any atom is -0.297 e. The lowest BCUT2D eigenvalue weighted by molar-refractivity contribution is 0.138. The van der Waals surface area contributed by atoms with Gasteiger partial charge in [0, 0.05) is 44.2 Å². The lowest BCUT2D eigenvalue weighted by Gasteiger charge is -2.33. The van der Waals surface area contributed by atoms with Crippen molar-refractivity contribution in [2.75, 3.05) is 32.7 Å². The van der Waals surface area contributed by atoms with Gasteiger partial charge in [-0.3, -0.25) is 14.6 Å².